The molecule has 18 heavy (non-hydrogen) atoms. The van der Waals surface area contributed by atoms with Crippen molar-refractivity contribution in [1.29, 1.82) is 0 Å². The summed E-state index contributed by atoms with van der Waals surface area (Å²) in [6.07, 6.45) is 12.1. The van der Waals surface area contributed by atoms with Gasteiger partial charge in [-0.1, -0.05) is 13.8 Å². The van der Waals surface area contributed by atoms with Gasteiger partial charge >= 0.3 is 0 Å². The third kappa shape index (κ3) is 2.24. The third-order valence-corrected chi connectivity index (χ3v) is 6.55. The van der Waals surface area contributed by atoms with Crippen molar-refractivity contribution in [3.05, 3.63) is 0 Å². The monoisotopic (exact) mass is 249 g/mol. The fraction of sp³-hybridized carbons (Fsp3) is 1.00. The SMILES string of the molecule is CC(CCN)CC(C)C12CC3CC(CC(C3)C1)C2. The molecule has 0 spiro atoms. The van der Waals surface area contributed by atoms with Gasteiger partial charge in [0.15, 0.2) is 0 Å². The lowest BCUT2D eigenvalue weighted by atomic mass is 9.46. The van der Waals surface area contributed by atoms with Crippen molar-refractivity contribution in [3.63, 3.8) is 0 Å². The van der Waals surface area contributed by atoms with Gasteiger partial charge in [-0.2, -0.15) is 0 Å². The lowest BCUT2D eigenvalue weighted by Crippen LogP contribution is -2.49. The summed E-state index contributed by atoms with van der Waals surface area (Å²) in [5, 5.41) is 0. The van der Waals surface area contributed by atoms with Crippen LogP contribution in [-0.2, 0) is 0 Å². The molecule has 2 N–H and O–H groups in total. The van der Waals surface area contributed by atoms with Gasteiger partial charge in [0.05, 0.1) is 0 Å². The molecule has 1 nitrogen and oxygen atoms in total. The van der Waals surface area contributed by atoms with Crippen LogP contribution in [0.15, 0.2) is 0 Å². The van der Waals surface area contributed by atoms with Gasteiger partial charge in [0, 0.05) is 0 Å². The molecule has 0 saturated heterocycles. The Hall–Kier alpha value is -0.0400. The average Bonchev–Trinajstić information content (AvgIpc) is 2.27. The van der Waals surface area contributed by atoms with E-state index >= 15 is 0 Å². The van der Waals surface area contributed by atoms with Crippen molar-refractivity contribution in [2.75, 3.05) is 6.54 Å². The summed E-state index contributed by atoms with van der Waals surface area (Å²) in [6.45, 7) is 5.83. The van der Waals surface area contributed by atoms with Crippen molar-refractivity contribution in [2.45, 2.75) is 65.2 Å². The minimum absolute atomic E-state index is 0.748. The summed E-state index contributed by atoms with van der Waals surface area (Å²) in [4.78, 5) is 0. The number of rotatable bonds is 5. The second kappa shape index (κ2) is 4.81. The van der Waals surface area contributed by atoms with Gasteiger partial charge < -0.3 is 5.73 Å². The maximum atomic E-state index is 5.71. The zero-order chi connectivity index (χ0) is 12.8. The van der Waals surface area contributed by atoms with Crippen LogP contribution in [0.25, 0.3) is 0 Å². The summed E-state index contributed by atoms with van der Waals surface area (Å²) in [7, 11) is 0. The van der Waals surface area contributed by atoms with Gasteiger partial charge in [-0.15, -0.1) is 0 Å². The second-order valence-corrected chi connectivity index (χ2v) is 8.10. The Morgan fingerprint density at radius 1 is 1.00 bits per heavy atom. The van der Waals surface area contributed by atoms with Crippen LogP contribution >= 0.6 is 0 Å². The second-order valence-electron chi connectivity index (χ2n) is 8.10. The number of hydrogen-bond acceptors (Lipinski definition) is 1. The molecular weight excluding hydrogens is 218 g/mol. The van der Waals surface area contributed by atoms with Crippen LogP contribution in [0.3, 0.4) is 0 Å². The molecule has 4 saturated carbocycles. The van der Waals surface area contributed by atoms with Crippen LogP contribution in [0.2, 0.25) is 0 Å². The van der Waals surface area contributed by atoms with Gasteiger partial charge in [-0.05, 0) is 92.9 Å². The molecule has 0 amide bonds. The van der Waals surface area contributed by atoms with Crippen LogP contribution in [0.4, 0.5) is 0 Å². The van der Waals surface area contributed by atoms with Crippen LogP contribution in [0.5, 0.6) is 0 Å². The quantitative estimate of drug-likeness (QED) is 0.776. The topological polar surface area (TPSA) is 26.0 Å². The van der Waals surface area contributed by atoms with Gasteiger partial charge in [0.2, 0.25) is 0 Å². The molecule has 2 atom stereocenters. The Bertz CT molecular complexity index is 261. The fourth-order valence-electron chi connectivity index (χ4n) is 6.04. The zero-order valence-corrected chi connectivity index (χ0v) is 12.3. The predicted molar refractivity (Wildman–Crippen MR) is 77.2 cm³/mol. The summed E-state index contributed by atoms with van der Waals surface area (Å²) in [6, 6.07) is 0. The normalized spacial score (nSPS) is 45.2. The van der Waals surface area contributed by atoms with Gasteiger partial charge in [-0.3, -0.25) is 0 Å². The van der Waals surface area contributed by atoms with Crippen LogP contribution < -0.4 is 5.73 Å². The number of nitrogens with two attached hydrogens (primary N) is 1. The van der Waals surface area contributed by atoms with E-state index in [1.165, 1.54) is 12.8 Å². The van der Waals surface area contributed by atoms with Crippen molar-refractivity contribution in [2.24, 2.45) is 40.7 Å². The first-order valence-corrected chi connectivity index (χ1v) is 8.31. The highest BCUT2D eigenvalue weighted by Crippen LogP contribution is 2.63. The van der Waals surface area contributed by atoms with Crippen molar-refractivity contribution >= 4 is 0 Å². The van der Waals surface area contributed by atoms with Crippen LogP contribution in [-0.4, -0.2) is 6.54 Å². The molecule has 0 aromatic carbocycles. The highest BCUT2D eigenvalue weighted by molar-refractivity contribution is 5.03. The van der Waals surface area contributed by atoms with Gasteiger partial charge in [0.25, 0.3) is 0 Å². The number of hydrogen-bond donors (Lipinski definition) is 1. The summed E-state index contributed by atoms with van der Waals surface area (Å²) >= 11 is 0. The largest absolute Gasteiger partial charge is 0.330 e. The van der Waals surface area contributed by atoms with Crippen molar-refractivity contribution in [1.82, 2.24) is 0 Å². The molecule has 0 aliphatic heterocycles. The summed E-state index contributed by atoms with van der Waals surface area (Å²) < 4.78 is 0. The van der Waals surface area contributed by atoms with Crippen molar-refractivity contribution < 1.29 is 0 Å². The Labute approximate surface area is 113 Å². The maximum absolute atomic E-state index is 5.71. The summed E-state index contributed by atoms with van der Waals surface area (Å²) in [5.41, 5.74) is 6.46. The Balaban J connectivity index is 1.67. The van der Waals surface area contributed by atoms with E-state index in [1.54, 1.807) is 38.5 Å². The first kappa shape index (κ1) is 13.0. The Kier molecular flexibility index (Phi) is 3.47. The molecular formula is C17H31N. The average molecular weight is 249 g/mol. The maximum Gasteiger partial charge on any atom is -0.00747 e. The van der Waals surface area contributed by atoms with E-state index in [0.717, 1.165) is 41.5 Å². The minimum atomic E-state index is 0.748. The van der Waals surface area contributed by atoms with E-state index in [-0.39, 0.29) is 0 Å². The lowest BCUT2D eigenvalue weighted by Gasteiger charge is -2.59. The van der Waals surface area contributed by atoms with E-state index in [2.05, 4.69) is 13.8 Å². The zero-order valence-electron chi connectivity index (χ0n) is 12.3. The van der Waals surface area contributed by atoms with Crippen LogP contribution in [0.1, 0.15) is 65.2 Å². The Morgan fingerprint density at radius 2 is 1.50 bits per heavy atom. The van der Waals surface area contributed by atoms with E-state index < -0.39 is 0 Å². The van der Waals surface area contributed by atoms with E-state index in [0.29, 0.717) is 0 Å². The van der Waals surface area contributed by atoms with Gasteiger partial charge in [0.1, 0.15) is 0 Å². The summed E-state index contributed by atoms with van der Waals surface area (Å²) in [5.74, 6) is 5.07. The van der Waals surface area contributed by atoms with E-state index in [1.807, 2.05) is 0 Å². The molecule has 4 bridgehead atoms. The fourth-order valence-corrected chi connectivity index (χ4v) is 6.04. The van der Waals surface area contributed by atoms with Crippen LogP contribution in [0, 0.1) is 35.0 Å². The first-order valence-electron chi connectivity index (χ1n) is 8.31. The van der Waals surface area contributed by atoms with E-state index in [9.17, 15) is 0 Å². The highest BCUT2D eigenvalue weighted by Gasteiger charge is 2.52. The third-order valence-electron chi connectivity index (χ3n) is 6.55. The smallest absolute Gasteiger partial charge is 0.00747 e. The molecule has 4 aliphatic rings. The molecule has 0 aromatic rings. The molecule has 1 heteroatoms. The Morgan fingerprint density at radius 3 is 1.94 bits per heavy atom. The lowest BCUT2D eigenvalue weighted by molar-refractivity contribution is -0.0874. The standard InChI is InChI=1S/C17H31N/c1-12(3-4-18)5-13(2)17-9-14-6-15(10-17)8-16(7-14)11-17/h12-16H,3-11,18H2,1-2H3. The molecule has 0 aromatic heterocycles. The molecule has 0 heterocycles. The molecule has 4 aliphatic carbocycles. The molecule has 0 radical (unpaired) electrons. The highest BCUT2D eigenvalue weighted by atomic mass is 14.6. The molecule has 4 fully saturated rings. The van der Waals surface area contributed by atoms with E-state index in [4.69, 9.17) is 5.73 Å². The minimum Gasteiger partial charge on any atom is -0.330 e. The first-order chi connectivity index (χ1) is 8.61. The molecule has 2 unspecified atom stereocenters. The molecule has 4 rings (SSSR count). The predicted octanol–water partition coefficient (Wildman–Crippen LogP) is 4.21. The van der Waals surface area contributed by atoms with Gasteiger partial charge in [-0.25, -0.2) is 0 Å². The van der Waals surface area contributed by atoms with Crippen molar-refractivity contribution in [3.8, 4) is 0 Å². The molecule has 104 valence electrons.